The van der Waals surface area contributed by atoms with Crippen LogP contribution in [0.4, 0.5) is 0 Å². The van der Waals surface area contributed by atoms with E-state index in [1.807, 2.05) is 13.8 Å². The van der Waals surface area contributed by atoms with Crippen LogP contribution in [0.25, 0.3) is 0 Å². The summed E-state index contributed by atoms with van der Waals surface area (Å²) in [7, 11) is -8.15. The summed E-state index contributed by atoms with van der Waals surface area (Å²) in [5.41, 5.74) is 2.40. The lowest BCUT2D eigenvalue weighted by Crippen LogP contribution is -2.45. The van der Waals surface area contributed by atoms with Crippen molar-refractivity contribution in [2.24, 2.45) is 11.8 Å². The fourth-order valence-electron chi connectivity index (χ4n) is 5.17. The van der Waals surface area contributed by atoms with Gasteiger partial charge in [-0.15, -0.1) is 0 Å². The fourth-order valence-corrected chi connectivity index (χ4v) is 7.92. The minimum atomic E-state index is -4.11. The number of Topliss-reactive ketones (excluding diaryl/α,β-unsaturated/α-hetero) is 1. The topological polar surface area (TPSA) is 124 Å². The molecule has 1 saturated carbocycles. The molecule has 0 amide bonds. The third-order valence-corrected chi connectivity index (χ3v) is 10.4. The summed E-state index contributed by atoms with van der Waals surface area (Å²) in [6, 6.07) is 16.9. The Morgan fingerprint density at radius 1 is 0.825 bits per heavy atom. The number of rotatable bonds is 9. The molecule has 0 spiro atoms. The molecule has 1 aliphatic heterocycles. The van der Waals surface area contributed by atoms with Crippen molar-refractivity contribution in [3.8, 4) is 5.75 Å². The van der Waals surface area contributed by atoms with Crippen LogP contribution in [0.5, 0.6) is 5.75 Å². The molecule has 3 aromatic rings. The van der Waals surface area contributed by atoms with Gasteiger partial charge in [0.1, 0.15) is 10.6 Å². The summed E-state index contributed by atoms with van der Waals surface area (Å²) >= 11 is 0. The number of nitrogens with zero attached hydrogens (tertiary/aromatic N) is 1. The van der Waals surface area contributed by atoms with Gasteiger partial charge in [0.25, 0.3) is 0 Å². The summed E-state index contributed by atoms with van der Waals surface area (Å²) in [4.78, 5) is 26.0. The third kappa shape index (κ3) is 5.16. The molecule has 3 aromatic carbocycles. The molecule has 0 N–H and O–H groups in total. The van der Waals surface area contributed by atoms with Crippen LogP contribution in [0.1, 0.15) is 23.6 Å². The SMILES string of the molecule is CCOC(=O)[C@H]1[C@@H]2C(=O)[C@@H](Cc3ccc(OS(=O)(=O)c4ccc(C)cc4)cc3)N(S(=O)(=O)c3ccc(C)cc3)[C@H]12. The molecule has 1 aliphatic carbocycles. The Morgan fingerprint density at radius 2 is 1.38 bits per heavy atom. The van der Waals surface area contributed by atoms with E-state index < -0.39 is 50.0 Å². The number of carbonyl (C=O) groups excluding carboxylic acids is 2. The van der Waals surface area contributed by atoms with Crippen LogP contribution < -0.4 is 4.18 Å². The fraction of sp³-hybridized carbons (Fsp3) is 0.310. The first-order valence-electron chi connectivity index (χ1n) is 12.8. The van der Waals surface area contributed by atoms with Gasteiger partial charge in [-0.05, 0) is 69.2 Å². The zero-order valence-electron chi connectivity index (χ0n) is 22.2. The summed E-state index contributed by atoms with van der Waals surface area (Å²) < 4.78 is 64.3. The van der Waals surface area contributed by atoms with Gasteiger partial charge in [0.15, 0.2) is 5.78 Å². The van der Waals surface area contributed by atoms with E-state index in [9.17, 15) is 26.4 Å². The quantitative estimate of drug-likeness (QED) is 0.277. The van der Waals surface area contributed by atoms with E-state index in [1.54, 1.807) is 43.3 Å². The minimum absolute atomic E-state index is 0.0195. The molecule has 11 heteroatoms. The van der Waals surface area contributed by atoms with Gasteiger partial charge < -0.3 is 8.92 Å². The van der Waals surface area contributed by atoms with Crippen LogP contribution in [-0.2, 0) is 40.9 Å². The van der Waals surface area contributed by atoms with Crippen molar-refractivity contribution in [3.05, 3.63) is 89.5 Å². The van der Waals surface area contributed by atoms with E-state index >= 15 is 0 Å². The summed E-state index contributed by atoms with van der Waals surface area (Å²) in [5, 5.41) is 0. The molecule has 0 aromatic heterocycles. The lowest BCUT2D eigenvalue weighted by Gasteiger charge is -2.27. The maximum atomic E-state index is 13.8. The number of hydrogen-bond acceptors (Lipinski definition) is 8. The predicted octanol–water partition coefficient (Wildman–Crippen LogP) is 3.43. The van der Waals surface area contributed by atoms with Gasteiger partial charge in [-0.3, -0.25) is 9.59 Å². The van der Waals surface area contributed by atoms with E-state index in [2.05, 4.69) is 0 Å². The maximum absolute atomic E-state index is 13.8. The highest BCUT2D eigenvalue weighted by Gasteiger charge is 2.72. The highest BCUT2D eigenvalue weighted by Crippen LogP contribution is 2.54. The highest BCUT2D eigenvalue weighted by molar-refractivity contribution is 7.89. The number of aryl methyl sites for hydroxylation is 2. The smallest absolute Gasteiger partial charge is 0.339 e. The number of piperidine rings is 1. The Balaban J connectivity index is 1.39. The molecule has 0 unspecified atom stereocenters. The van der Waals surface area contributed by atoms with Crippen molar-refractivity contribution >= 4 is 31.9 Å². The monoisotopic (exact) mass is 583 g/mol. The third-order valence-electron chi connectivity index (χ3n) is 7.26. The Bertz CT molecular complexity index is 1650. The molecular formula is C29H29NO8S2. The second-order valence-electron chi connectivity index (χ2n) is 10.1. The molecule has 1 heterocycles. The Kier molecular flexibility index (Phi) is 7.32. The van der Waals surface area contributed by atoms with E-state index in [4.69, 9.17) is 8.92 Å². The van der Waals surface area contributed by atoms with Crippen LogP contribution in [-0.4, -0.2) is 51.6 Å². The molecule has 2 fully saturated rings. The number of ketones is 1. The zero-order chi connectivity index (χ0) is 28.8. The second-order valence-corrected chi connectivity index (χ2v) is 13.4. The van der Waals surface area contributed by atoms with Crippen molar-refractivity contribution in [1.82, 2.24) is 4.31 Å². The van der Waals surface area contributed by atoms with Crippen molar-refractivity contribution in [1.29, 1.82) is 0 Å². The van der Waals surface area contributed by atoms with E-state index in [-0.39, 0.29) is 34.4 Å². The number of ether oxygens (including phenoxy) is 1. The zero-order valence-corrected chi connectivity index (χ0v) is 23.8. The summed E-state index contributed by atoms with van der Waals surface area (Å²) in [6.45, 7) is 5.47. The molecule has 5 rings (SSSR count). The Labute approximate surface area is 233 Å². The first-order valence-corrected chi connectivity index (χ1v) is 15.7. The number of fused-ring (bicyclic) bond motifs is 1. The number of hydrogen-bond donors (Lipinski definition) is 0. The number of carbonyl (C=O) groups is 2. The van der Waals surface area contributed by atoms with Gasteiger partial charge >= 0.3 is 16.1 Å². The Morgan fingerprint density at radius 3 is 1.93 bits per heavy atom. The van der Waals surface area contributed by atoms with Gasteiger partial charge in [-0.1, -0.05) is 47.5 Å². The van der Waals surface area contributed by atoms with Gasteiger partial charge in [0, 0.05) is 0 Å². The molecular weight excluding hydrogens is 554 g/mol. The van der Waals surface area contributed by atoms with Gasteiger partial charge in [-0.25, -0.2) is 8.42 Å². The maximum Gasteiger partial charge on any atom is 0.339 e. The normalized spacial score (nSPS) is 22.5. The first kappa shape index (κ1) is 28.0. The number of sulfonamides is 1. The molecule has 40 heavy (non-hydrogen) atoms. The predicted molar refractivity (Wildman–Crippen MR) is 146 cm³/mol. The minimum Gasteiger partial charge on any atom is -0.466 e. The van der Waals surface area contributed by atoms with Crippen molar-refractivity contribution in [2.45, 2.75) is 49.1 Å². The summed E-state index contributed by atoms with van der Waals surface area (Å²) in [6.07, 6.45) is 0.0530. The standard InChI is InChI=1S/C29H29NO8S2/c1-4-37-29(32)26-25-27(26)30(39(33,34)22-13-5-18(2)6-14-22)24(28(25)31)17-20-9-11-21(12-10-20)38-40(35,36)23-15-7-19(3)8-16-23/h5-16,24-27H,4,17H2,1-3H3/t24-,25+,26+,27+/m1/s1. The van der Waals surface area contributed by atoms with Crippen LogP contribution in [0, 0.1) is 25.7 Å². The molecule has 0 radical (unpaired) electrons. The van der Waals surface area contributed by atoms with Gasteiger partial charge in [-0.2, -0.15) is 12.7 Å². The van der Waals surface area contributed by atoms with Crippen LogP contribution in [0.15, 0.2) is 82.6 Å². The molecule has 210 valence electrons. The van der Waals surface area contributed by atoms with Crippen molar-refractivity contribution in [3.63, 3.8) is 0 Å². The number of benzene rings is 3. The van der Waals surface area contributed by atoms with Crippen LogP contribution >= 0.6 is 0 Å². The van der Waals surface area contributed by atoms with Crippen molar-refractivity contribution in [2.75, 3.05) is 6.61 Å². The van der Waals surface area contributed by atoms with Crippen molar-refractivity contribution < 1.29 is 35.3 Å². The number of esters is 1. The largest absolute Gasteiger partial charge is 0.466 e. The molecule has 0 bridgehead atoms. The molecule has 2 aliphatic rings. The van der Waals surface area contributed by atoms with Crippen LogP contribution in [0.3, 0.4) is 0 Å². The van der Waals surface area contributed by atoms with Gasteiger partial charge in [0.05, 0.1) is 35.4 Å². The lowest BCUT2D eigenvalue weighted by atomic mass is 10.0. The molecule has 1 saturated heterocycles. The van der Waals surface area contributed by atoms with Crippen LogP contribution in [0.2, 0.25) is 0 Å². The average molecular weight is 584 g/mol. The Hall–Kier alpha value is -3.54. The summed E-state index contributed by atoms with van der Waals surface area (Å²) in [5.74, 6) is -2.42. The average Bonchev–Trinajstić information content (AvgIpc) is 3.57. The molecule has 4 atom stereocenters. The van der Waals surface area contributed by atoms with E-state index in [0.29, 0.717) is 5.56 Å². The molecule has 9 nitrogen and oxygen atoms in total. The second kappa shape index (κ2) is 10.5. The van der Waals surface area contributed by atoms with Gasteiger partial charge in [0.2, 0.25) is 10.0 Å². The highest BCUT2D eigenvalue weighted by atomic mass is 32.2. The van der Waals surface area contributed by atoms with E-state index in [0.717, 1.165) is 11.1 Å². The first-order chi connectivity index (χ1) is 18.9. The van der Waals surface area contributed by atoms with E-state index in [1.165, 1.54) is 40.7 Å². The lowest BCUT2D eigenvalue weighted by molar-refractivity contribution is -0.147.